The van der Waals surface area contributed by atoms with E-state index in [9.17, 15) is 9.59 Å². The van der Waals surface area contributed by atoms with E-state index >= 15 is 0 Å². The van der Waals surface area contributed by atoms with Crippen LogP contribution < -0.4 is 5.73 Å². The molecule has 1 heterocycles. The maximum Gasteiger partial charge on any atom is 0.243 e. The molecule has 2 rings (SSSR count). The van der Waals surface area contributed by atoms with Gasteiger partial charge in [-0.25, -0.2) is 0 Å². The molecule has 5 heteroatoms. The lowest BCUT2D eigenvalue weighted by Gasteiger charge is -2.38. The van der Waals surface area contributed by atoms with Crippen LogP contribution in [-0.4, -0.2) is 29.3 Å². The van der Waals surface area contributed by atoms with Crippen LogP contribution in [-0.2, 0) is 9.59 Å². The molecule has 1 saturated heterocycles. The van der Waals surface area contributed by atoms with E-state index < -0.39 is 17.4 Å². The molecule has 0 spiro atoms. The third kappa shape index (κ3) is 1.45. The second kappa shape index (κ2) is 3.78. The summed E-state index contributed by atoms with van der Waals surface area (Å²) in [5, 5.41) is 9.08. The van der Waals surface area contributed by atoms with Crippen molar-refractivity contribution in [2.75, 3.05) is 6.54 Å². The van der Waals surface area contributed by atoms with Crippen molar-refractivity contribution in [3.05, 3.63) is 0 Å². The van der Waals surface area contributed by atoms with Gasteiger partial charge in [0.15, 0.2) is 0 Å². The van der Waals surface area contributed by atoms with Gasteiger partial charge in [0.05, 0.1) is 6.07 Å². The van der Waals surface area contributed by atoms with Gasteiger partial charge in [0, 0.05) is 6.54 Å². The van der Waals surface area contributed by atoms with Crippen molar-refractivity contribution in [3.63, 3.8) is 0 Å². The molecule has 1 aliphatic heterocycles. The Morgan fingerprint density at radius 1 is 1.38 bits per heavy atom. The summed E-state index contributed by atoms with van der Waals surface area (Å²) in [6, 6.07) is 1.61. The average molecular weight is 221 g/mol. The predicted octanol–water partition coefficient (Wildman–Crippen LogP) is 0.157. The third-order valence-corrected chi connectivity index (χ3v) is 3.67. The second-order valence-corrected chi connectivity index (χ2v) is 4.61. The molecule has 1 atom stereocenters. The topological polar surface area (TPSA) is 87.2 Å². The number of primary amides is 1. The van der Waals surface area contributed by atoms with E-state index in [1.165, 1.54) is 4.90 Å². The van der Waals surface area contributed by atoms with E-state index in [0.29, 0.717) is 25.8 Å². The van der Waals surface area contributed by atoms with Crippen molar-refractivity contribution >= 4 is 11.8 Å². The minimum Gasteiger partial charge on any atom is -0.368 e. The average Bonchev–Trinajstić information content (AvgIpc) is 2.64. The molecule has 2 aliphatic rings. The van der Waals surface area contributed by atoms with E-state index in [4.69, 9.17) is 11.0 Å². The minimum absolute atomic E-state index is 0.192. The maximum absolute atomic E-state index is 12.2. The van der Waals surface area contributed by atoms with Gasteiger partial charge < -0.3 is 10.6 Å². The molecular weight excluding hydrogens is 206 g/mol. The van der Waals surface area contributed by atoms with Crippen LogP contribution in [0.3, 0.4) is 0 Å². The molecule has 5 nitrogen and oxygen atoms in total. The van der Waals surface area contributed by atoms with Crippen LogP contribution in [0.15, 0.2) is 0 Å². The zero-order valence-corrected chi connectivity index (χ0v) is 9.11. The van der Waals surface area contributed by atoms with Gasteiger partial charge in [-0.15, -0.1) is 0 Å². The van der Waals surface area contributed by atoms with Crippen LogP contribution >= 0.6 is 0 Å². The van der Waals surface area contributed by atoms with Gasteiger partial charge in [-0.2, -0.15) is 5.26 Å². The number of carbonyl (C=O) groups excluding carboxylic acids is 2. The Morgan fingerprint density at radius 2 is 2.06 bits per heavy atom. The number of nitrogens with two attached hydrogens (primary N) is 1. The summed E-state index contributed by atoms with van der Waals surface area (Å²) < 4.78 is 0. The van der Waals surface area contributed by atoms with Gasteiger partial charge in [-0.1, -0.05) is 0 Å². The zero-order valence-electron chi connectivity index (χ0n) is 9.11. The van der Waals surface area contributed by atoms with E-state index in [0.717, 1.165) is 12.8 Å². The van der Waals surface area contributed by atoms with E-state index in [2.05, 4.69) is 6.07 Å². The fourth-order valence-electron chi connectivity index (χ4n) is 2.48. The molecule has 2 N–H and O–H groups in total. The van der Waals surface area contributed by atoms with Gasteiger partial charge in [0.25, 0.3) is 0 Å². The molecule has 16 heavy (non-hydrogen) atoms. The normalized spacial score (nSPS) is 26.9. The first kappa shape index (κ1) is 10.9. The number of likely N-dealkylation sites (tertiary alicyclic amines) is 1. The Hall–Kier alpha value is -1.57. The summed E-state index contributed by atoms with van der Waals surface area (Å²) in [5.41, 5.74) is 4.39. The highest BCUT2D eigenvalue weighted by Gasteiger charge is 2.49. The van der Waals surface area contributed by atoms with Crippen LogP contribution in [0.1, 0.15) is 32.1 Å². The van der Waals surface area contributed by atoms with Crippen molar-refractivity contribution in [1.82, 2.24) is 4.90 Å². The van der Waals surface area contributed by atoms with Gasteiger partial charge in [0.2, 0.25) is 11.8 Å². The lowest BCUT2D eigenvalue weighted by Crippen LogP contribution is -2.52. The van der Waals surface area contributed by atoms with Gasteiger partial charge in [-0.3, -0.25) is 9.59 Å². The molecule has 0 aromatic heterocycles. The molecule has 0 aromatic carbocycles. The number of carbonyl (C=O) groups is 2. The van der Waals surface area contributed by atoms with Crippen LogP contribution in [0.25, 0.3) is 0 Å². The van der Waals surface area contributed by atoms with Crippen molar-refractivity contribution in [2.24, 2.45) is 11.1 Å². The van der Waals surface area contributed by atoms with Crippen LogP contribution in [0.2, 0.25) is 0 Å². The van der Waals surface area contributed by atoms with Crippen molar-refractivity contribution in [3.8, 4) is 6.07 Å². The first-order valence-corrected chi connectivity index (χ1v) is 5.62. The molecule has 2 amide bonds. The van der Waals surface area contributed by atoms with Crippen LogP contribution in [0, 0.1) is 16.7 Å². The highest BCUT2D eigenvalue weighted by Crippen LogP contribution is 2.43. The summed E-state index contributed by atoms with van der Waals surface area (Å²) in [7, 11) is 0. The first-order chi connectivity index (χ1) is 7.60. The van der Waals surface area contributed by atoms with Crippen molar-refractivity contribution < 1.29 is 9.59 Å². The smallest absolute Gasteiger partial charge is 0.243 e. The number of nitrogens with zero attached hydrogens (tertiary/aromatic N) is 2. The summed E-state index contributed by atoms with van der Waals surface area (Å²) >= 11 is 0. The Kier molecular flexibility index (Phi) is 2.58. The van der Waals surface area contributed by atoms with Crippen LogP contribution in [0.5, 0.6) is 0 Å². The molecule has 0 aromatic rings. The largest absolute Gasteiger partial charge is 0.368 e. The highest BCUT2D eigenvalue weighted by molar-refractivity contribution is 5.92. The monoisotopic (exact) mass is 221 g/mol. The van der Waals surface area contributed by atoms with Crippen LogP contribution in [0.4, 0.5) is 0 Å². The molecule has 2 fully saturated rings. The van der Waals surface area contributed by atoms with Crippen molar-refractivity contribution in [1.29, 1.82) is 5.26 Å². The predicted molar refractivity (Wildman–Crippen MR) is 55.8 cm³/mol. The Morgan fingerprint density at radius 3 is 2.50 bits per heavy atom. The van der Waals surface area contributed by atoms with E-state index in [1.54, 1.807) is 0 Å². The molecule has 1 saturated carbocycles. The maximum atomic E-state index is 12.2. The first-order valence-electron chi connectivity index (χ1n) is 5.62. The zero-order chi connectivity index (χ0) is 11.8. The Labute approximate surface area is 94.2 Å². The van der Waals surface area contributed by atoms with Gasteiger partial charge >= 0.3 is 0 Å². The van der Waals surface area contributed by atoms with E-state index in [1.807, 2.05) is 0 Å². The Balaban J connectivity index is 2.16. The minimum atomic E-state index is -0.863. The summed E-state index contributed by atoms with van der Waals surface area (Å²) in [4.78, 5) is 24.9. The van der Waals surface area contributed by atoms with Gasteiger partial charge in [0.1, 0.15) is 11.5 Å². The summed E-state index contributed by atoms with van der Waals surface area (Å²) in [6.07, 6.45) is 3.56. The van der Waals surface area contributed by atoms with E-state index in [-0.39, 0.29) is 5.91 Å². The number of hydrogen-bond donors (Lipinski definition) is 1. The SMILES string of the molecule is N#CC1(C(=O)N2CCCC2C(N)=O)CCC1. The molecular formula is C11H15N3O2. The van der Waals surface area contributed by atoms with Crippen molar-refractivity contribution in [2.45, 2.75) is 38.1 Å². The Bertz CT molecular complexity index is 368. The lowest BCUT2D eigenvalue weighted by atomic mass is 9.69. The summed E-state index contributed by atoms with van der Waals surface area (Å²) in [6.45, 7) is 0.551. The number of hydrogen-bond acceptors (Lipinski definition) is 3. The summed E-state index contributed by atoms with van der Waals surface area (Å²) in [5.74, 6) is -0.652. The molecule has 1 unspecified atom stereocenters. The molecule has 1 aliphatic carbocycles. The highest BCUT2D eigenvalue weighted by atomic mass is 16.2. The number of rotatable bonds is 2. The second-order valence-electron chi connectivity index (χ2n) is 4.61. The molecule has 0 bridgehead atoms. The lowest BCUT2D eigenvalue weighted by molar-refractivity contribution is -0.146. The quantitative estimate of drug-likeness (QED) is 0.720. The number of nitriles is 1. The third-order valence-electron chi connectivity index (χ3n) is 3.67. The fraction of sp³-hybridized carbons (Fsp3) is 0.727. The van der Waals surface area contributed by atoms with Gasteiger partial charge in [-0.05, 0) is 32.1 Å². The number of amides is 2. The molecule has 86 valence electrons. The fourth-order valence-corrected chi connectivity index (χ4v) is 2.48. The standard InChI is InChI=1S/C11H15N3O2/c12-7-11(4-2-5-11)10(16)14-6-1-3-8(14)9(13)15/h8H,1-6H2,(H2,13,15). The molecule has 0 radical (unpaired) electrons.